The summed E-state index contributed by atoms with van der Waals surface area (Å²) < 4.78 is 0. The molecule has 0 unspecified atom stereocenters. The van der Waals surface area contributed by atoms with Crippen molar-refractivity contribution in [2.75, 3.05) is 0 Å². The standard InChI is InChI=1S/C5H8N6O2/c6-3-1-2(8-9-3)4(12)10-11-5(7)13/h1H2,(H2,6,9)(H,10,12)(H3,7,11,13). The zero-order valence-corrected chi connectivity index (χ0v) is 6.57. The van der Waals surface area contributed by atoms with Gasteiger partial charge in [-0.3, -0.25) is 10.2 Å². The zero-order chi connectivity index (χ0) is 9.84. The zero-order valence-electron chi connectivity index (χ0n) is 6.57. The lowest BCUT2D eigenvalue weighted by atomic mass is 10.2. The Labute approximate surface area is 73.0 Å². The predicted octanol–water partition coefficient (Wildman–Crippen LogP) is -2.20. The van der Waals surface area contributed by atoms with Crippen molar-refractivity contribution in [1.82, 2.24) is 10.9 Å². The Kier molecular flexibility index (Phi) is 2.43. The van der Waals surface area contributed by atoms with Gasteiger partial charge in [0.05, 0.1) is 6.42 Å². The summed E-state index contributed by atoms with van der Waals surface area (Å²) in [6.45, 7) is 0. The molecule has 1 aliphatic heterocycles. The van der Waals surface area contributed by atoms with E-state index in [0.29, 0.717) is 0 Å². The van der Waals surface area contributed by atoms with Gasteiger partial charge in [-0.1, -0.05) is 0 Å². The molecule has 0 aromatic carbocycles. The molecule has 0 aliphatic carbocycles. The third-order valence-electron chi connectivity index (χ3n) is 1.21. The smallest absolute Gasteiger partial charge is 0.330 e. The molecular formula is C5H8N6O2. The number of amides is 3. The van der Waals surface area contributed by atoms with Crippen LogP contribution < -0.4 is 22.3 Å². The minimum absolute atomic E-state index is 0.131. The molecule has 3 amide bonds. The van der Waals surface area contributed by atoms with Gasteiger partial charge in [-0.15, -0.1) is 10.2 Å². The highest BCUT2D eigenvalue weighted by Crippen LogP contribution is 1.97. The first-order valence-corrected chi connectivity index (χ1v) is 3.34. The van der Waals surface area contributed by atoms with Crippen LogP contribution in [0, 0.1) is 0 Å². The van der Waals surface area contributed by atoms with E-state index in [1.54, 1.807) is 0 Å². The van der Waals surface area contributed by atoms with Crippen molar-refractivity contribution in [1.29, 1.82) is 0 Å². The molecule has 70 valence electrons. The number of hydrazine groups is 1. The fourth-order valence-corrected chi connectivity index (χ4v) is 0.683. The molecule has 1 rings (SSSR count). The van der Waals surface area contributed by atoms with Gasteiger partial charge in [0.2, 0.25) is 0 Å². The summed E-state index contributed by atoms with van der Waals surface area (Å²) in [5, 5.41) is 6.91. The van der Waals surface area contributed by atoms with E-state index in [4.69, 9.17) is 11.5 Å². The van der Waals surface area contributed by atoms with Gasteiger partial charge in [-0.05, 0) is 0 Å². The maximum absolute atomic E-state index is 11.1. The van der Waals surface area contributed by atoms with Crippen molar-refractivity contribution in [2.45, 2.75) is 6.42 Å². The van der Waals surface area contributed by atoms with E-state index < -0.39 is 11.9 Å². The van der Waals surface area contributed by atoms with Crippen LogP contribution in [0.2, 0.25) is 0 Å². The highest BCUT2D eigenvalue weighted by atomic mass is 16.2. The Bertz CT molecular complexity index is 306. The van der Waals surface area contributed by atoms with Gasteiger partial charge in [0.15, 0.2) is 0 Å². The van der Waals surface area contributed by atoms with Crippen molar-refractivity contribution < 1.29 is 9.59 Å². The summed E-state index contributed by atoms with van der Waals surface area (Å²) in [4.78, 5) is 21.2. The van der Waals surface area contributed by atoms with E-state index >= 15 is 0 Å². The Morgan fingerprint density at radius 2 is 2.00 bits per heavy atom. The lowest BCUT2D eigenvalue weighted by molar-refractivity contribution is -0.115. The Balaban J connectivity index is 2.38. The van der Waals surface area contributed by atoms with E-state index in [1.165, 1.54) is 0 Å². The van der Waals surface area contributed by atoms with Crippen LogP contribution in [-0.2, 0) is 4.79 Å². The largest absolute Gasteiger partial charge is 0.385 e. The molecule has 0 aromatic rings. The van der Waals surface area contributed by atoms with E-state index in [2.05, 4.69) is 10.2 Å². The molecule has 6 N–H and O–H groups in total. The first-order valence-electron chi connectivity index (χ1n) is 3.34. The van der Waals surface area contributed by atoms with Crippen LogP contribution in [0.25, 0.3) is 0 Å². The molecule has 1 aliphatic rings. The number of nitrogens with two attached hydrogens (primary N) is 2. The molecule has 0 saturated carbocycles. The van der Waals surface area contributed by atoms with Crippen LogP contribution in [-0.4, -0.2) is 23.5 Å². The summed E-state index contributed by atoms with van der Waals surface area (Å²) >= 11 is 0. The maximum atomic E-state index is 11.1. The molecule has 0 spiro atoms. The first kappa shape index (κ1) is 8.97. The molecule has 0 aromatic heterocycles. The second-order valence-electron chi connectivity index (χ2n) is 2.26. The first-order chi connectivity index (χ1) is 6.09. The number of carbonyl (C=O) groups is 2. The Hall–Kier alpha value is -2.12. The Morgan fingerprint density at radius 3 is 2.46 bits per heavy atom. The summed E-state index contributed by atoms with van der Waals surface area (Å²) in [5.74, 6) is -0.327. The number of hydrogen-bond donors (Lipinski definition) is 4. The average Bonchev–Trinajstić information content (AvgIpc) is 2.47. The van der Waals surface area contributed by atoms with Gasteiger partial charge in [0.25, 0.3) is 5.91 Å². The van der Waals surface area contributed by atoms with E-state index in [0.717, 1.165) is 0 Å². The summed E-state index contributed by atoms with van der Waals surface area (Å²) in [5.41, 5.74) is 14.0. The Morgan fingerprint density at radius 1 is 1.31 bits per heavy atom. The van der Waals surface area contributed by atoms with Crippen molar-refractivity contribution in [3.8, 4) is 0 Å². The van der Waals surface area contributed by atoms with Crippen LogP contribution in [0.4, 0.5) is 4.79 Å². The summed E-state index contributed by atoms with van der Waals surface area (Å²) in [6.07, 6.45) is 0.173. The number of hydrogen-bond acceptors (Lipinski definition) is 5. The topological polar surface area (TPSA) is 135 Å². The molecule has 13 heavy (non-hydrogen) atoms. The number of primary amides is 1. The third-order valence-corrected chi connectivity index (χ3v) is 1.21. The second kappa shape index (κ2) is 3.52. The van der Waals surface area contributed by atoms with Gasteiger partial charge in [-0.2, -0.15) is 0 Å². The number of carbonyl (C=O) groups excluding carboxylic acids is 2. The fourth-order valence-electron chi connectivity index (χ4n) is 0.683. The van der Waals surface area contributed by atoms with Crippen molar-refractivity contribution >= 4 is 23.5 Å². The quantitative estimate of drug-likeness (QED) is 0.344. The van der Waals surface area contributed by atoms with E-state index in [1.807, 2.05) is 10.9 Å². The number of rotatable bonds is 1. The number of amidine groups is 1. The van der Waals surface area contributed by atoms with Gasteiger partial charge >= 0.3 is 6.03 Å². The monoisotopic (exact) mass is 184 g/mol. The molecule has 0 saturated heterocycles. The average molecular weight is 184 g/mol. The minimum atomic E-state index is -0.860. The molecule has 8 heteroatoms. The van der Waals surface area contributed by atoms with Gasteiger partial charge < -0.3 is 11.5 Å². The molecule has 0 fully saturated rings. The van der Waals surface area contributed by atoms with Gasteiger partial charge in [0, 0.05) is 0 Å². The van der Waals surface area contributed by atoms with Crippen LogP contribution in [0.1, 0.15) is 6.42 Å². The molecule has 0 radical (unpaired) electrons. The number of nitrogens with one attached hydrogen (secondary N) is 2. The number of nitrogens with zero attached hydrogens (tertiary/aromatic N) is 2. The summed E-state index contributed by atoms with van der Waals surface area (Å²) in [6, 6.07) is -0.860. The lowest BCUT2D eigenvalue weighted by Gasteiger charge is -2.02. The normalized spacial score (nSPS) is 14.5. The highest BCUT2D eigenvalue weighted by molar-refractivity contribution is 6.43. The van der Waals surface area contributed by atoms with Gasteiger partial charge in [0.1, 0.15) is 11.5 Å². The summed E-state index contributed by atoms with van der Waals surface area (Å²) in [7, 11) is 0. The molecule has 1 heterocycles. The van der Waals surface area contributed by atoms with Crippen molar-refractivity contribution in [2.24, 2.45) is 21.7 Å². The predicted molar refractivity (Wildman–Crippen MR) is 44.5 cm³/mol. The van der Waals surface area contributed by atoms with E-state index in [-0.39, 0.29) is 18.0 Å². The van der Waals surface area contributed by atoms with Crippen LogP contribution >= 0.6 is 0 Å². The van der Waals surface area contributed by atoms with Crippen LogP contribution in [0.3, 0.4) is 0 Å². The SMILES string of the molecule is NC(=O)NNC(=O)C1=NN=C(N)C1. The highest BCUT2D eigenvalue weighted by Gasteiger charge is 2.17. The maximum Gasteiger partial charge on any atom is 0.330 e. The molecule has 8 nitrogen and oxygen atoms in total. The lowest BCUT2D eigenvalue weighted by Crippen LogP contribution is -2.47. The fraction of sp³-hybridized carbons (Fsp3) is 0.200. The van der Waals surface area contributed by atoms with Gasteiger partial charge in [-0.25, -0.2) is 10.2 Å². The minimum Gasteiger partial charge on any atom is -0.385 e. The molecule has 0 bridgehead atoms. The number of urea groups is 1. The molecule has 0 atom stereocenters. The van der Waals surface area contributed by atoms with Crippen LogP contribution in [0.5, 0.6) is 0 Å². The van der Waals surface area contributed by atoms with Crippen molar-refractivity contribution in [3.63, 3.8) is 0 Å². The second-order valence-corrected chi connectivity index (χ2v) is 2.26. The third kappa shape index (κ3) is 2.43. The van der Waals surface area contributed by atoms with Crippen LogP contribution in [0.15, 0.2) is 10.2 Å². The van der Waals surface area contributed by atoms with Crippen molar-refractivity contribution in [3.05, 3.63) is 0 Å². The molecular weight excluding hydrogens is 176 g/mol. The van der Waals surface area contributed by atoms with E-state index in [9.17, 15) is 9.59 Å².